The number of aliphatic hydroxyl groups is 1. The van der Waals surface area contributed by atoms with Gasteiger partial charge in [0, 0.05) is 4.88 Å². The first-order valence-corrected chi connectivity index (χ1v) is 10.8. The third-order valence-electron chi connectivity index (χ3n) is 5.27. The summed E-state index contributed by atoms with van der Waals surface area (Å²) in [7, 11) is 0. The molecule has 156 valence electrons. The van der Waals surface area contributed by atoms with E-state index in [1.165, 1.54) is 11.3 Å². The first-order valence-electron chi connectivity index (χ1n) is 10.0. The Bertz CT molecular complexity index is 1410. The van der Waals surface area contributed by atoms with Crippen molar-refractivity contribution in [3.63, 3.8) is 0 Å². The summed E-state index contributed by atoms with van der Waals surface area (Å²) < 4.78 is 2.71. The molecule has 0 radical (unpaired) electrons. The van der Waals surface area contributed by atoms with E-state index in [-0.39, 0.29) is 18.7 Å². The molecule has 0 amide bonds. The molecule has 1 N–H and O–H groups in total. The van der Waals surface area contributed by atoms with Crippen LogP contribution in [0.4, 0.5) is 0 Å². The molecular weight excluding hydrogens is 410 g/mol. The maximum Gasteiger partial charge on any atom is 0.332 e. The van der Waals surface area contributed by atoms with Crippen LogP contribution in [0.3, 0.4) is 0 Å². The van der Waals surface area contributed by atoms with E-state index in [0.717, 1.165) is 32.6 Å². The molecule has 0 saturated heterocycles. The molecule has 2 aromatic carbocycles. The smallest absolute Gasteiger partial charge is 0.332 e. The van der Waals surface area contributed by atoms with Crippen LogP contribution < -0.4 is 11.2 Å². The fraction of sp³-hybridized carbons (Fsp3) is 0.208. The van der Waals surface area contributed by atoms with Gasteiger partial charge in [-0.3, -0.25) is 13.9 Å². The van der Waals surface area contributed by atoms with Gasteiger partial charge in [0.05, 0.1) is 36.7 Å². The van der Waals surface area contributed by atoms with Crippen LogP contribution in [0, 0.1) is 11.3 Å². The number of fused-ring (bicyclic) bond motifs is 1. The highest BCUT2D eigenvalue weighted by atomic mass is 32.1. The molecule has 0 spiro atoms. The zero-order chi connectivity index (χ0) is 22.0. The summed E-state index contributed by atoms with van der Waals surface area (Å²) >= 11 is 1.45. The summed E-state index contributed by atoms with van der Waals surface area (Å²) in [6.07, 6.45) is 0.778. The largest absolute Gasteiger partial charge is 0.395 e. The molecule has 0 unspecified atom stereocenters. The first-order chi connectivity index (χ1) is 15.1. The van der Waals surface area contributed by atoms with Crippen molar-refractivity contribution in [2.24, 2.45) is 0 Å². The first kappa shape index (κ1) is 20.8. The van der Waals surface area contributed by atoms with Crippen LogP contribution in [-0.2, 0) is 19.5 Å². The lowest BCUT2D eigenvalue weighted by molar-refractivity contribution is 0.270. The molecule has 0 aliphatic rings. The van der Waals surface area contributed by atoms with Gasteiger partial charge in [-0.05, 0) is 35.2 Å². The number of benzene rings is 2. The summed E-state index contributed by atoms with van der Waals surface area (Å²) in [4.78, 5) is 27.5. The van der Waals surface area contributed by atoms with Crippen molar-refractivity contribution in [1.82, 2.24) is 9.13 Å². The lowest BCUT2D eigenvalue weighted by Gasteiger charge is -2.12. The zero-order valence-electron chi connectivity index (χ0n) is 17.0. The topological polar surface area (TPSA) is 88.0 Å². The van der Waals surface area contributed by atoms with Crippen molar-refractivity contribution >= 4 is 21.6 Å². The van der Waals surface area contributed by atoms with Crippen molar-refractivity contribution in [2.75, 3.05) is 6.61 Å². The average molecular weight is 432 g/mol. The summed E-state index contributed by atoms with van der Waals surface area (Å²) in [5.41, 5.74) is 2.52. The van der Waals surface area contributed by atoms with E-state index in [1.807, 2.05) is 55.5 Å². The molecule has 0 bridgehead atoms. The minimum atomic E-state index is -0.421. The van der Waals surface area contributed by atoms with E-state index in [9.17, 15) is 20.0 Å². The van der Waals surface area contributed by atoms with Crippen LogP contribution in [0.15, 0.2) is 64.2 Å². The monoisotopic (exact) mass is 431 g/mol. The van der Waals surface area contributed by atoms with Gasteiger partial charge >= 0.3 is 5.69 Å². The number of nitrogens with zero attached hydrogens (tertiary/aromatic N) is 3. The summed E-state index contributed by atoms with van der Waals surface area (Å²) in [6, 6.07) is 19.2. The quantitative estimate of drug-likeness (QED) is 0.507. The Hall–Kier alpha value is -3.47. The molecule has 2 aromatic heterocycles. The Kier molecular flexibility index (Phi) is 5.85. The van der Waals surface area contributed by atoms with Crippen LogP contribution in [0.5, 0.6) is 0 Å². The molecule has 2 heterocycles. The minimum absolute atomic E-state index is 0.0329. The third-order valence-corrected chi connectivity index (χ3v) is 6.57. The van der Waals surface area contributed by atoms with Gasteiger partial charge in [0.25, 0.3) is 5.56 Å². The summed E-state index contributed by atoms with van der Waals surface area (Å²) in [5.74, 6) is 0. The van der Waals surface area contributed by atoms with Crippen LogP contribution in [-0.4, -0.2) is 20.8 Å². The van der Waals surface area contributed by atoms with E-state index in [2.05, 4.69) is 6.07 Å². The predicted molar refractivity (Wildman–Crippen MR) is 123 cm³/mol. The highest BCUT2D eigenvalue weighted by Crippen LogP contribution is 2.25. The van der Waals surface area contributed by atoms with E-state index in [0.29, 0.717) is 22.3 Å². The molecule has 0 saturated carbocycles. The summed E-state index contributed by atoms with van der Waals surface area (Å²) in [5, 5.41) is 19.2. The molecule has 0 aliphatic carbocycles. The SMILES string of the molecule is CCc1cc2c(=O)n(CCO)c(=O)n(Cc3ccc(-c4ccccc4C#N)cc3)c2s1. The Morgan fingerprint density at radius 2 is 1.81 bits per heavy atom. The minimum Gasteiger partial charge on any atom is -0.395 e. The van der Waals surface area contributed by atoms with Crippen molar-refractivity contribution in [3.05, 3.63) is 91.4 Å². The molecular formula is C24H21N3O3S. The van der Waals surface area contributed by atoms with E-state index >= 15 is 0 Å². The van der Waals surface area contributed by atoms with E-state index < -0.39 is 5.69 Å². The molecule has 0 aliphatic heterocycles. The Morgan fingerprint density at radius 3 is 2.48 bits per heavy atom. The molecule has 4 aromatic rings. The summed E-state index contributed by atoms with van der Waals surface area (Å²) in [6.45, 7) is 2.01. The van der Waals surface area contributed by atoms with Gasteiger partial charge in [-0.15, -0.1) is 11.3 Å². The maximum atomic E-state index is 13.1. The van der Waals surface area contributed by atoms with Gasteiger partial charge in [-0.2, -0.15) is 5.26 Å². The fourth-order valence-electron chi connectivity index (χ4n) is 3.67. The number of hydrogen-bond acceptors (Lipinski definition) is 5. The Labute approximate surface area is 182 Å². The molecule has 0 atom stereocenters. The van der Waals surface area contributed by atoms with Crippen LogP contribution in [0.2, 0.25) is 0 Å². The number of aliphatic hydroxyl groups excluding tert-OH is 1. The molecule has 6 nitrogen and oxygen atoms in total. The lowest BCUT2D eigenvalue weighted by atomic mass is 9.99. The Morgan fingerprint density at radius 1 is 1.06 bits per heavy atom. The normalized spacial score (nSPS) is 11.0. The number of thiophene rings is 1. The van der Waals surface area contributed by atoms with Gasteiger partial charge in [-0.25, -0.2) is 4.79 Å². The van der Waals surface area contributed by atoms with Gasteiger partial charge in [0.2, 0.25) is 0 Å². The zero-order valence-corrected chi connectivity index (χ0v) is 17.9. The van der Waals surface area contributed by atoms with Crippen molar-refractivity contribution in [3.8, 4) is 17.2 Å². The van der Waals surface area contributed by atoms with Crippen LogP contribution in [0.1, 0.15) is 22.9 Å². The molecule has 0 fully saturated rings. The average Bonchev–Trinajstić information content (AvgIpc) is 3.24. The number of rotatable bonds is 6. The second-order valence-electron chi connectivity index (χ2n) is 7.19. The second kappa shape index (κ2) is 8.72. The van der Waals surface area contributed by atoms with Gasteiger partial charge in [0.15, 0.2) is 0 Å². The molecule has 31 heavy (non-hydrogen) atoms. The number of nitriles is 1. The third kappa shape index (κ3) is 3.83. The van der Waals surface area contributed by atoms with Gasteiger partial charge in [0.1, 0.15) is 4.83 Å². The molecule has 7 heteroatoms. The number of aromatic nitrogens is 2. The highest BCUT2D eigenvalue weighted by Gasteiger charge is 2.16. The van der Waals surface area contributed by atoms with Crippen molar-refractivity contribution in [2.45, 2.75) is 26.4 Å². The maximum absolute atomic E-state index is 13.1. The fourth-order valence-corrected chi connectivity index (χ4v) is 4.74. The number of hydrogen-bond donors (Lipinski definition) is 1. The second-order valence-corrected chi connectivity index (χ2v) is 8.30. The predicted octanol–water partition coefficient (Wildman–Crippen LogP) is 3.37. The van der Waals surface area contributed by atoms with Crippen LogP contribution in [0.25, 0.3) is 21.3 Å². The lowest BCUT2D eigenvalue weighted by Crippen LogP contribution is -2.40. The van der Waals surface area contributed by atoms with Gasteiger partial charge < -0.3 is 5.11 Å². The van der Waals surface area contributed by atoms with E-state index in [4.69, 9.17) is 0 Å². The highest BCUT2D eigenvalue weighted by molar-refractivity contribution is 7.18. The van der Waals surface area contributed by atoms with Crippen molar-refractivity contribution in [1.29, 1.82) is 5.26 Å². The van der Waals surface area contributed by atoms with E-state index in [1.54, 1.807) is 10.6 Å². The number of aryl methyl sites for hydroxylation is 1. The Balaban J connectivity index is 1.78. The van der Waals surface area contributed by atoms with Gasteiger partial charge in [-0.1, -0.05) is 49.4 Å². The molecule has 4 rings (SSSR count). The standard InChI is InChI=1S/C24H21N3O3S/c1-2-19-13-21-22(29)26(11-12-28)24(30)27(23(21)31-19)15-16-7-9-17(10-8-16)20-6-4-3-5-18(20)14-25/h3-10,13,28H,2,11-12,15H2,1H3. The van der Waals surface area contributed by atoms with Crippen LogP contribution >= 0.6 is 11.3 Å². The van der Waals surface area contributed by atoms with Crippen molar-refractivity contribution < 1.29 is 5.11 Å².